The van der Waals surface area contributed by atoms with E-state index in [1.165, 1.54) is 63.8 Å². The predicted molar refractivity (Wildman–Crippen MR) is 89.3 cm³/mol. The van der Waals surface area contributed by atoms with Crippen molar-refractivity contribution in [1.82, 2.24) is 0 Å². The summed E-state index contributed by atoms with van der Waals surface area (Å²) in [5.41, 5.74) is 0. The second-order valence-electron chi connectivity index (χ2n) is 7.42. The Morgan fingerprint density at radius 2 is 1.63 bits per heavy atom. The first kappa shape index (κ1) is 15.6. The Morgan fingerprint density at radius 3 is 2.21 bits per heavy atom. The van der Waals surface area contributed by atoms with Crippen LogP contribution in [-0.4, -0.2) is 7.38 Å². The molecule has 0 aromatic rings. The largest absolute Gasteiger partial charge is 0.168 e. The van der Waals surface area contributed by atoms with Crippen LogP contribution in [0.25, 0.3) is 0 Å². The average molecular weight is 299 g/mol. The van der Waals surface area contributed by atoms with Crippen molar-refractivity contribution in [2.24, 2.45) is 17.8 Å². The van der Waals surface area contributed by atoms with E-state index in [1.54, 1.807) is 0 Å². The predicted octanol–water partition coefficient (Wildman–Crippen LogP) is 6.37. The Bertz CT molecular complexity index is 292. The molecule has 3 atom stereocenters. The van der Waals surface area contributed by atoms with Gasteiger partial charge >= 0.3 is 0 Å². The summed E-state index contributed by atoms with van der Waals surface area (Å²) in [6.07, 6.45) is 18.0. The molecule has 1 saturated carbocycles. The Morgan fingerprint density at radius 1 is 0.947 bits per heavy atom. The summed E-state index contributed by atoms with van der Waals surface area (Å²) in [6.45, 7) is 4.52. The van der Waals surface area contributed by atoms with E-state index in [4.69, 9.17) is 11.1 Å². The Balaban J connectivity index is 1.40. The van der Waals surface area contributed by atoms with Crippen LogP contribution in [-0.2, 0) is 0 Å². The second kappa shape index (κ2) is 7.31. The monoisotopic (exact) mass is 298 g/mol. The van der Waals surface area contributed by atoms with Gasteiger partial charge in [0.1, 0.15) is 7.38 Å². The van der Waals surface area contributed by atoms with Crippen LogP contribution in [0.1, 0.15) is 57.8 Å². The molecule has 2 aliphatic carbocycles. The van der Waals surface area contributed by atoms with Gasteiger partial charge in [-0.05, 0) is 43.1 Å². The standard InChI is InChI=1S/C17H31ClSi/c1-19(2,18)12-8-6-4-3-5-7-9-16-13-15-10-11-17(16)14-15/h10-11,15-17H,3-9,12-14H2,1-2H3. The van der Waals surface area contributed by atoms with Gasteiger partial charge < -0.3 is 0 Å². The molecule has 0 saturated heterocycles. The fraction of sp³-hybridized carbons (Fsp3) is 0.882. The van der Waals surface area contributed by atoms with E-state index in [0.717, 1.165) is 17.8 Å². The summed E-state index contributed by atoms with van der Waals surface area (Å²) >= 11 is 6.33. The van der Waals surface area contributed by atoms with E-state index < -0.39 is 7.38 Å². The minimum atomic E-state index is -1.29. The topological polar surface area (TPSA) is 0 Å². The molecule has 0 aliphatic heterocycles. The van der Waals surface area contributed by atoms with Crippen LogP contribution in [0.15, 0.2) is 12.2 Å². The van der Waals surface area contributed by atoms with E-state index in [0.29, 0.717) is 0 Å². The molecule has 0 spiro atoms. The van der Waals surface area contributed by atoms with Crippen molar-refractivity contribution in [3.63, 3.8) is 0 Å². The maximum absolute atomic E-state index is 6.33. The van der Waals surface area contributed by atoms with E-state index in [1.807, 2.05) is 0 Å². The SMILES string of the molecule is C[Si](C)(Cl)CCCCCCCCC1CC2C=CC1C2. The molecule has 110 valence electrons. The van der Waals surface area contributed by atoms with Crippen molar-refractivity contribution in [2.75, 3.05) is 0 Å². The number of unbranched alkanes of at least 4 members (excludes halogenated alkanes) is 5. The first-order valence-corrected chi connectivity index (χ1v) is 12.6. The van der Waals surface area contributed by atoms with E-state index >= 15 is 0 Å². The fourth-order valence-corrected chi connectivity index (χ4v) is 5.38. The Hall–Kier alpha value is 0.247. The lowest BCUT2D eigenvalue weighted by atomic mass is 9.88. The van der Waals surface area contributed by atoms with Gasteiger partial charge in [-0.3, -0.25) is 0 Å². The van der Waals surface area contributed by atoms with Gasteiger partial charge in [-0.15, -0.1) is 0 Å². The number of allylic oxidation sites excluding steroid dienone is 2. The van der Waals surface area contributed by atoms with Crippen LogP contribution in [0.4, 0.5) is 0 Å². The number of hydrogen-bond acceptors (Lipinski definition) is 0. The van der Waals surface area contributed by atoms with Gasteiger partial charge in [0, 0.05) is 0 Å². The van der Waals surface area contributed by atoms with Gasteiger partial charge in [0.15, 0.2) is 0 Å². The summed E-state index contributed by atoms with van der Waals surface area (Å²) in [5, 5.41) is 0. The molecular weight excluding hydrogens is 268 g/mol. The lowest BCUT2D eigenvalue weighted by Crippen LogP contribution is -2.14. The minimum absolute atomic E-state index is 0.957. The van der Waals surface area contributed by atoms with Crippen LogP contribution >= 0.6 is 11.1 Å². The highest BCUT2D eigenvalue weighted by molar-refractivity contribution is 7.19. The molecule has 0 aromatic carbocycles. The number of halogens is 1. The average Bonchev–Trinajstić information content (AvgIpc) is 2.93. The zero-order chi connectivity index (χ0) is 13.7. The molecule has 2 heteroatoms. The molecule has 19 heavy (non-hydrogen) atoms. The van der Waals surface area contributed by atoms with Crippen LogP contribution in [0.3, 0.4) is 0 Å². The van der Waals surface area contributed by atoms with Gasteiger partial charge in [0.25, 0.3) is 0 Å². The van der Waals surface area contributed by atoms with E-state index in [-0.39, 0.29) is 0 Å². The maximum atomic E-state index is 6.33. The molecule has 0 heterocycles. The van der Waals surface area contributed by atoms with Crippen molar-refractivity contribution in [3.8, 4) is 0 Å². The van der Waals surface area contributed by atoms with Crippen molar-refractivity contribution < 1.29 is 0 Å². The van der Waals surface area contributed by atoms with Gasteiger partial charge in [-0.2, -0.15) is 11.1 Å². The first-order chi connectivity index (χ1) is 9.04. The summed E-state index contributed by atoms with van der Waals surface area (Å²) in [5.74, 6) is 2.96. The van der Waals surface area contributed by atoms with E-state index in [2.05, 4.69) is 25.2 Å². The summed E-state index contributed by atoms with van der Waals surface area (Å²) in [6, 6.07) is 1.30. The molecule has 2 rings (SSSR count). The molecule has 0 aromatic heterocycles. The zero-order valence-corrected chi connectivity index (χ0v) is 14.6. The molecule has 0 nitrogen and oxygen atoms in total. The third-order valence-corrected chi connectivity index (χ3v) is 7.12. The lowest BCUT2D eigenvalue weighted by Gasteiger charge is -2.17. The lowest BCUT2D eigenvalue weighted by molar-refractivity contribution is 0.394. The van der Waals surface area contributed by atoms with Crippen molar-refractivity contribution >= 4 is 18.5 Å². The van der Waals surface area contributed by atoms with Crippen molar-refractivity contribution in [3.05, 3.63) is 12.2 Å². The Labute approximate surface area is 125 Å². The van der Waals surface area contributed by atoms with Crippen LogP contribution < -0.4 is 0 Å². The number of fused-ring (bicyclic) bond motifs is 2. The normalized spacial score (nSPS) is 29.3. The van der Waals surface area contributed by atoms with Crippen molar-refractivity contribution in [1.29, 1.82) is 0 Å². The third kappa shape index (κ3) is 5.63. The van der Waals surface area contributed by atoms with Crippen LogP contribution in [0.5, 0.6) is 0 Å². The first-order valence-electron chi connectivity index (χ1n) is 8.42. The van der Waals surface area contributed by atoms with Gasteiger partial charge in [-0.25, -0.2) is 0 Å². The van der Waals surface area contributed by atoms with Gasteiger partial charge in [0.05, 0.1) is 0 Å². The number of hydrogen-bond donors (Lipinski definition) is 0. The van der Waals surface area contributed by atoms with Crippen LogP contribution in [0.2, 0.25) is 19.1 Å². The third-order valence-electron chi connectivity index (χ3n) is 5.01. The van der Waals surface area contributed by atoms with Gasteiger partial charge in [0.2, 0.25) is 0 Å². The summed E-state index contributed by atoms with van der Waals surface area (Å²) in [4.78, 5) is 0. The molecule has 0 radical (unpaired) electrons. The maximum Gasteiger partial charge on any atom is 0.150 e. The molecule has 3 unspecified atom stereocenters. The zero-order valence-electron chi connectivity index (χ0n) is 12.8. The fourth-order valence-electron chi connectivity index (χ4n) is 3.89. The minimum Gasteiger partial charge on any atom is -0.168 e. The van der Waals surface area contributed by atoms with E-state index in [9.17, 15) is 0 Å². The molecule has 0 N–H and O–H groups in total. The second-order valence-corrected chi connectivity index (χ2v) is 14.4. The smallest absolute Gasteiger partial charge is 0.150 e. The molecular formula is C17H31ClSi. The summed E-state index contributed by atoms with van der Waals surface area (Å²) < 4.78 is 0. The van der Waals surface area contributed by atoms with Crippen LogP contribution in [0, 0.1) is 17.8 Å². The molecule has 0 amide bonds. The van der Waals surface area contributed by atoms with Gasteiger partial charge in [-0.1, -0.05) is 63.8 Å². The number of rotatable bonds is 9. The Kier molecular flexibility index (Phi) is 6.02. The summed E-state index contributed by atoms with van der Waals surface area (Å²) in [7, 11) is -1.29. The quantitative estimate of drug-likeness (QED) is 0.201. The highest BCUT2D eigenvalue weighted by Gasteiger charge is 2.34. The highest BCUT2D eigenvalue weighted by atomic mass is 35.6. The highest BCUT2D eigenvalue weighted by Crippen LogP contribution is 2.45. The van der Waals surface area contributed by atoms with Crippen molar-refractivity contribution in [2.45, 2.75) is 76.9 Å². The molecule has 2 bridgehead atoms. The molecule has 1 fully saturated rings. The molecule has 2 aliphatic rings.